The molecule has 2 aromatic rings. The number of amidine groups is 1. The molecule has 1 aromatic carbocycles. The molecule has 0 amide bonds. The predicted molar refractivity (Wildman–Crippen MR) is 85.6 cm³/mol. The van der Waals surface area contributed by atoms with Gasteiger partial charge in [0.05, 0.1) is 5.69 Å². The molecule has 0 atom stereocenters. The van der Waals surface area contributed by atoms with E-state index in [-0.39, 0.29) is 5.82 Å². The summed E-state index contributed by atoms with van der Waals surface area (Å²) in [6.45, 7) is 1.69. The molecular weight excluding hydrogens is 309 g/mol. The van der Waals surface area contributed by atoms with Gasteiger partial charge in [0, 0.05) is 25.0 Å². The van der Waals surface area contributed by atoms with Crippen molar-refractivity contribution < 1.29 is 4.39 Å². The number of hydrogen-bond acceptors (Lipinski definition) is 3. The van der Waals surface area contributed by atoms with Crippen molar-refractivity contribution in [3.05, 3.63) is 59.1 Å². The Morgan fingerprint density at radius 2 is 2.05 bits per heavy atom. The minimum Gasteiger partial charge on any atom is -0.346 e. The number of benzene rings is 1. The third-order valence-corrected chi connectivity index (χ3v) is 4.29. The number of pyridine rings is 1. The Kier molecular flexibility index (Phi) is 4.41. The summed E-state index contributed by atoms with van der Waals surface area (Å²) < 4.78 is 12.9. The second kappa shape index (κ2) is 6.45. The first-order chi connectivity index (χ1) is 10.2. The molecule has 3 nitrogen and oxygen atoms in total. The third kappa shape index (κ3) is 3.74. The van der Waals surface area contributed by atoms with Crippen molar-refractivity contribution in [3.63, 3.8) is 0 Å². The molecule has 0 unspecified atom stereocenters. The van der Waals surface area contributed by atoms with Gasteiger partial charge < -0.3 is 4.90 Å². The number of nitrogens with zero attached hydrogens (tertiary/aromatic N) is 3. The van der Waals surface area contributed by atoms with Gasteiger partial charge in [0.25, 0.3) is 0 Å². The van der Waals surface area contributed by atoms with Crippen molar-refractivity contribution in [1.82, 2.24) is 9.88 Å². The SMILES string of the molecule is Fc1ccc(N=C2SCCN2Cc2ccc(Cl)nc2)cc1. The second-order valence-corrected chi connectivity index (χ2v) is 6.08. The molecule has 3 rings (SSSR count). The van der Waals surface area contributed by atoms with Crippen LogP contribution in [0.1, 0.15) is 5.56 Å². The summed E-state index contributed by atoms with van der Waals surface area (Å²) in [5, 5.41) is 1.45. The number of halogens is 2. The first-order valence-electron chi connectivity index (χ1n) is 6.53. The molecule has 1 saturated heterocycles. The van der Waals surface area contributed by atoms with Gasteiger partial charge in [0.15, 0.2) is 5.17 Å². The van der Waals surface area contributed by atoms with Crippen LogP contribution in [0.4, 0.5) is 10.1 Å². The van der Waals surface area contributed by atoms with Crippen LogP contribution in [-0.2, 0) is 6.54 Å². The Labute approximate surface area is 131 Å². The molecule has 108 valence electrons. The predicted octanol–water partition coefficient (Wildman–Crippen LogP) is 4.11. The van der Waals surface area contributed by atoms with E-state index in [9.17, 15) is 4.39 Å². The number of aliphatic imine (C=N–C) groups is 1. The summed E-state index contributed by atoms with van der Waals surface area (Å²) in [6.07, 6.45) is 1.78. The molecule has 0 spiro atoms. The monoisotopic (exact) mass is 321 g/mol. The van der Waals surface area contributed by atoms with Crippen molar-refractivity contribution in [1.29, 1.82) is 0 Å². The van der Waals surface area contributed by atoms with Crippen molar-refractivity contribution in [2.75, 3.05) is 12.3 Å². The lowest BCUT2D eigenvalue weighted by Crippen LogP contribution is -2.23. The van der Waals surface area contributed by atoms with E-state index in [1.165, 1.54) is 12.1 Å². The zero-order valence-corrected chi connectivity index (χ0v) is 12.7. The van der Waals surface area contributed by atoms with Crippen LogP contribution in [0, 0.1) is 5.82 Å². The van der Waals surface area contributed by atoms with Crippen LogP contribution in [-0.4, -0.2) is 27.3 Å². The zero-order chi connectivity index (χ0) is 14.7. The van der Waals surface area contributed by atoms with Gasteiger partial charge in [0.2, 0.25) is 0 Å². The summed E-state index contributed by atoms with van der Waals surface area (Å²) in [5.41, 5.74) is 1.86. The van der Waals surface area contributed by atoms with Gasteiger partial charge in [-0.15, -0.1) is 0 Å². The zero-order valence-electron chi connectivity index (χ0n) is 11.2. The lowest BCUT2D eigenvalue weighted by molar-refractivity contribution is 0.456. The van der Waals surface area contributed by atoms with Crippen LogP contribution in [0.2, 0.25) is 5.15 Å². The number of aromatic nitrogens is 1. The molecule has 0 aliphatic carbocycles. The first kappa shape index (κ1) is 14.4. The van der Waals surface area contributed by atoms with Gasteiger partial charge in [-0.05, 0) is 35.9 Å². The molecule has 21 heavy (non-hydrogen) atoms. The van der Waals surface area contributed by atoms with E-state index in [4.69, 9.17) is 11.6 Å². The average Bonchev–Trinajstić information content (AvgIpc) is 2.91. The van der Waals surface area contributed by atoms with Gasteiger partial charge in [-0.3, -0.25) is 0 Å². The van der Waals surface area contributed by atoms with Crippen LogP contribution in [0.25, 0.3) is 0 Å². The molecule has 0 saturated carbocycles. The maximum atomic E-state index is 12.9. The Bertz CT molecular complexity index is 643. The van der Waals surface area contributed by atoms with Crippen molar-refractivity contribution in [2.45, 2.75) is 6.54 Å². The summed E-state index contributed by atoms with van der Waals surface area (Å²) in [6, 6.07) is 9.97. The van der Waals surface area contributed by atoms with Crippen molar-refractivity contribution in [2.24, 2.45) is 4.99 Å². The highest BCUT2D eigenvalue weighted by Gasteiger charge is 2.19. The quantitative estimate of drug-likeness (QED) is 0.796. The smallest absolute Gasteiger partial charge is 0.164 e. The summed E-state index contributed by atoms with van der Waals surface area (Å²) in [7, 11) is 0. The van der Waals surface area contributed by atoms with Crippen molar-refractivity contribution >= 4 is 34.2 Å². The molecule has 1 aliphatic rings. The van der Waals surface area contributed by atoms with E-state index in [0.717, 1.165) is 35.3 Å². The highest BCUT2D eigenvalue weighted by atomic mass is 35.5. The number of thioether (sulfide) groups is 1. The summed E-state index contributed by atoms with van der Waals surface area (Å²) in [4.78, 5) is 10.9. The van der Waals surface area contributed by atoms with Crippen LogP contribution in [0.15, 0.2) is 47.6 Å². The lowest BCUT2D eigenvalue weighted by Gasteiger charge is -2.17. The van der Waals surface area contributed by atoms with Crippen LogP contribution in [0.5, 0.6) is 0 Å². The van der Waals surface area contributed by atoms with Crippen LogP contribution in [0.3, 0.4) is 0 Å². The highest BCUT2D eigenvalue weighted by Crippen LogP contribution is 2.24. The molecule has 1 fully saturated rings. The molecule has 6 heteroatoms. The van der Waals surface area contributed by atoms with E-state index in [1.54, 1.807) is 36.2 Å². The standard InChI is InChI=1S/C15H13ClFN3S/c16-14-6-1-11(9-18-14)10-20-7-8-21-15(20)19-13-4-2-12(17)3-5-13/h1-6,9H,7-8,10H2. The van der Waals surface area contributed by atoms with E-state index in [2.05, 4.69) is 14.9 Å². The fraction of sp³-hybridized carbons (Fsp3) is 0.200. The molecule has 0 radical (unpaired) electrons. The van der Waals surface area contributed by atoms with E-state index in [1.807, 2.05) is 6.07 Å². The molecule has 0 bridgehead atoms. The topological polar surface area (TPSA) is 28.5 Å². The fourth-order valence-corrected chi connectivity index (χ4v) is 3.14. The van der Waals surface area contributed by atoms with E-state index in [0.29, 0.717) is 5.15 Å². The maximum Gasteiger partial charge on any atom is 0.164 e. The van der Waals surface area contributed by atoms with Gasteiger partial charge in [-0.2, -0.15) is 0 Å². The summed E-state index contributed by atoms with van der Waals surface area (Å²) >= 11 is 7.50. The molecule has 0 N–H and O–H groups in total. The fourth-order valence-electron chi connectivity index (χ4n) is 2.03. The Hall–Kier alpha value is -1.59. The lowest BCUT2D eigenvalue weighted by atomic mass is 10.3. The average molecular weight is 322 g/mol. The minimum atomic E-state index is -0.248. The Morgan fingerprint density at radius 3 is 2.76 bits per heavy atom. The maximum absolute atomic E-state index is 12.9. The van der Waals surface area contributed by atoms with Crippen molar-refractivity contribution in [3.8, 4) is 0 Å². The van der Waals surface area contributed by atoms with Crippen LogP contribution >= 0.6 is 23.4 Å². The largest absolute Gasteiger partial charge is 0.346 e. The Morgan fingerprint density at radius 1 is 1.24 bits per heavy atom. The number of hydrogen-bond donors (Lipinski definition) is 0. The van der Waals surface area contributed by atoms with Gasteiger partial charge in [-0.25, -0.2) is 14.4 Å². The van der Waals surface area contributed by atoms with E-state index < -0.39 is 0 Å². The molecule has 1 aliphatic heterocycles. The minimum absolute atomic E-state index is 0.248. The first-order valence-corrected chi connectivity index (χ1v) is 7.89. The molecule has 1 aromatic heterocycles. The second-order valence-electron chi connectivity index (χ2n) is 4.63. The van der Waals surface area contributed by atoms with E-state index >= 15 is 0 Å². The molecule has 2 heterocycles. The molecular formula is C15H13ClFN3S. The number of rotatable bonds is 3. The summed E-state index contributed by atoms with van der Waals surface area (Å²) in [5.74, 6) is 0.753. The van der Waals surface area contributed by atoms with Gasteiger partial charge in [0.1, 0.15) is 11.0 Å². The normalized spacial score (nSPS) is 16.7. The van der Waals surface area contributed by atoms with Crippen LogP contribution < -0.4 is 0 Å². The Balaban J connectivity index is 1.75. The third-order valence-electron chi connectivity index (χ3n) is 3.08. The highest BCUT2D eigenvalue weighted by molar-refractivity contribution is 8.14. The van der Waals surface area contributed by atoms with Gasteiger partial charge >= 0.3 is 0 Å². The van der Waals surface area contributed by atoms with Gasteiger partial charge in [-0.1, -0.05) is 29.4 Å².